The van der Waals surface area contributed by atoms with Gasteiger partial charge in [0.2, 0.25) is 5.65 Å². The SMILES string of the molecule is COCCn1cnc2nnc3ccc(C(=O)NCCN(C)C)cc3c21.O=C(O)C(F)(F)F. The van der Waals surface area contributed by atoms with Crippen LogP contribution in [0.25, 0.3) is 22.1 Å². The highest BCUT2D eigenvalue weighted by Crippen LogP contribution is 2.22. The number of hydrogen-bond acceptors (Lipinski definition) is 7. The zero-order valence-corrected chi connectivity index (χ0v) is 17.7. The van der Waals surface area contributed by atoms with Gasteiger partial charge >= 0.3 is 12.1 Å². The zero-order chi connectivity index (χ0) is 23.9. The van der Waals surface area contributed by atoms with Crippen LogP contribution >= 0.6 is 0 Å². The van der Waals surface area contributed by atoms with Crippen molar-refractivity contribution in [3.05, 3.63) is 30.1 Å². The molecule has 10 nitrogen and oxygen atoms in total. The van der Waals surface area contributed by atoms with Gasteiger partial charge < -0.3 is 24.6 Å². The minimum Gasteiger partial charge on any atom is -0.475 e. The van der Waals surface area contributed by atoms with Gasteiger partial charge in [-0.3, -0.25) is 4.79 Å². The molecule has 0 radical (unpaired) electrons. The number of halogens is 3. The zero-order valence-electron chi connectivity index (χ0n) is 17.7. The van der Waals surface area contributed by atoms with Gasteiger partial charge in [0, 0.05) is 37.7 Å². The Morgan fingerprint density at radius 2 is 1.94 bits per heavy atom. The molecule has 32 heavy (non-hydrogen) atoms. The average molecular weight is 456 g/mol. The van der Waals surface area contributed by atoms with Gasteiger partial charge in [0.1, 0.15) is 0 Å². The van der Waals surface area contributed by atoms with E-state index in [4.69, 9.17) is 14.6 Å². The molecular weight excluding hydrogens is 433 g/mol. The van der Waals surface area contributed by atoms with Crippen LogP contribution in [0.4, 0.5) is 13.2 Å². The average Bonchev–Trinajstić information content (AvgIpc) is 3.14. The van der Waals surface area contributed by atoms with Gasteiger partial charge in [-0.1, -0.05) is 0 Å². The van der Waals surface area contributed by atoms with Crippen molar-refractivity contribution in [3.63, 3.8) is 0 Å². The molecule has 3 aromatic rings. The minimum atomic E-state index is -5.08. The van der Waals surface area contributed by atoms with Crippen molar-refractivity contribution in [2.45, 2.75) is 12.7 Å². The van der Waals surface area contributed by atoms with E-state index >= 15 is 0 Å². The summed E-state index contributed by atoms with van der Waals surface area (Å²) in [5, 5.41) is 19.3. The van der Waals surface area contributed by atoms with Crippen molar-refractivity contribution < 1.29 is 32.6 Å². The van der Waals surface area contributed by atoms with E-state index in [9.17, 15) is 18.0 Å². The molecule has 0 saturated carbocycles. The van der Waals surface area contributed by atoms with Gasteiger partial charge in [0.25, 0.3) is 5.91 Å². The van der Waals surface area contributed by atoms with Crippen LogP contribution in [-0.2, 0) is 16.1 Å². The van der Waals surface area contributed by atoms with E-state index in [2.05, 4.69) is 20.5 Å². The molecule has 0 aliphatic rings. The van der Waals surface area contributed by atoms with Gasteiger partial charge in [0.05, 0.1) is 24.0 Å². The quantitative estimate of drug-likeness (QED) is 0.549. The van der Waals surface area contributed by atoms with Crippen LogP contribution < -0.4 is 5.32 Å². The van der Waals surface area contributed by atoms with Crippen LogP contribution in [-0.4, -0.2) is 88.7 Å². The predicted molar refractivity (Wildman–Crippen MR) is 109 cm³/mol. The summed E-state index contributed by atoms with van der Waals surface area (Å²) in [5.74, 6) is -2.86. The number of aliphatic carboxylic acids is 1. The first-order valence-electron chi connectivity index (χ1n) is 9.38. The lowest BCUT2D eigenvalue weighted by Gasteiger charge is -2.11. The summed E-state index contributed by atoms with van der Waals surface area (Å²) in [6.07, 6.45) is -3.36. The number of likely N-dealkylation sites (N-methyl/N-ethyl adjacent to an activating group) is 1. The number of nitrogens with one attached hydrogen (secondary N) is 1. The molecule has 0 bridgehead atoms. The molecule has 2 aromatic heterocycles. The first-order valence-corrected chi connectivity index (χ1v) is 9.38. The summed E-state index contributed by atoms with van der Waals surface area (Å²) >= 11 is 0. The number of fused-ring (bicyclic) bond motifs is 3. The maximum absolute atomic E-state index is 12.4. The monoisotopic (exact) mass is 456 g/mol. The number of aromatic nitrogens is 4. The Balaban J connectivity index is 0.000000451. The molecule has 1 amide bonds. The fraction of sp³-hybridized carbons (Fsp3) is 0.421. The van der Waals surface area contributed by atoms with Crippen molar-refractivity contribution in [1.82, 2.24) is 30.0 Å². The number of nitrogens with zero attached hydrogens (tertiary/aromatic N) is 5. The Kier molecular flexibility index (Phi) is 8.43. The first-order chi connectivity index (χ1) is 15.0. The second-order valence-electron chi connectivity index (χ2n) is 6.90. The number of amides is 1. The van der Waals surface area contributed by atoms with E-state index in [0.29, 0.717) is 30.9 Å². The van der Waals surface area contributed by atoms with Gasteiger partial charge in [-0.15, -0.1) is 10.2 Å². The predicted octanol–water partition coefficient (Wildman–Crippen LogP) is 1.55. The molecule has 13 heteroatoms. The van der Waals surface area contributed by atoms with Crippen molar-refractivity contribution in [1.29, 1.82) is 0 Å². The second-order valence-corrected chi connectivity index (χ2v) is 6.90. The lowest BCUT2D eigenvalue weighted by Crippen LogP contribution is -2.31. The largest absolute Gasteiger partial charge is 0.490 e. The Morgan fingerprint density at radius 1 is 1.25 bits per heavy atom. The van der Waals surface area contributed by atoms with E-state index in [1.54, 1.807) is 19.5 Å². The fourth-order valence-electron chi connectivity index (χ4n) is 2.63. The smallest absolute Gasteiger partial charge is 0.475 e. The Bertz CT molecular complexity index is 1080. The number of hydrogen-bond donors (Lipinski definition) is 2. The highest BCUT2D eigenvalue weighted by atomic mass is 19.4. The van der Waals surface area contributed by atoms with E-state index < -0.39 is 12.1 Å². The molecule has 174 valence electrons. The number of alkyl halides is 3. The third-order valence-corrected chi connectivity index (χ3v) is 4.21. The number of carboxylic acids is 1. The molecule has 2 heterocycles. The lowest BCUT2D eigenvalue weighted by atomic mass is 10.1. The summed E-state index contributed by atoms with van der Waals surface area (Å²) in [4.78, 5) is 27.6. The summed E-state index contributed by atoms with van der Waals surface area (Å²) in [5.41, 5.74) is 2.76. The van der Waals surface area contributed by atoms with Crippen LogP contribution in [0, 0.1) is 0 Å². The van der Waals surface area contributed by atoms with Crippen molar-refractivity contribution in [3.8, 4) is 0 Å². The van der Waals surface area contributed by atoms with Gasteiger partial charge in [-0.05, 0) is 32.3 Å². The minimum absolute atomic E-state index is 0.100. The van der Waals surface area contributed by atoms with Crippen LogP contribution in [0.2, 0.25) is 0 Å². The van der Waals surface area contributed by atoms with E-state index in [1.807, 2.05) is 35.7 Å². The van der Waals surface area contributed by atoms with Crippen molar-refractivity contribution in [2.75, 3.05) is 40.9 Å². The van der Waals surface area contributed by atoms with E-state index in [-0.39, 0.29) is 5.91 Å². The fourth-order valence-corrected chi connectivity index (χ4v) is 2.63. The maximum Gasteiger partial charge on any atom is 0.490 e. The number of carbonyl (C=O) groups excluding carboxylic acids is 1. The summed E-state index contributed by atoms with van der Waals surface area (Å²) in [7, 11) is 5.60. The molecule has 2 N–H and O–H groups in total. The summed E-state index contributed by atoms with van der Waals surface area (Å²) < 4.78 is 38.9. The van der Waals surface area contributed by atoms with Crippen molar-refractivity contribution in [2.24, 2.45) is 0 Å². The Hall–Kier alpha value is -3.32. The second kappa shape index (κ2) is 10.8. The number of carbonyl (C=O) groups is 2. The highest BCUT2D eigenvalue weighted by Gasteiger charge is 2.38. The van der Waals surface area contributed by atoms with Gasteiger partial charge in [0.15, 0.2) is 0 Å². The standard InChI is InChI=1S/C17H22N6O2.C2HF3O2/c1-22(2)7-6-18-17(24)12-4-5-14-13(10-12)15-16(21-20-14)19-11-23(15)8-9-25-3;3-2(4,5)1(6)7/h4-5,10-11H,6-9H2,1-3H3,(H,18,24);(H,6,7). The maximum atomic E-state index is 12.4. The van der Waals surface area contributed by atoms with Crippen molar-refractivity contribution >= 4 is 33.9 Å². The van der Waals surface area contributed by atoms with E-state index in [0.717, 1.165) is 23.0 Å². The molecule has 0 unspecified atom stereocenters. The lowest BCUT2D eigenvalue weighted by molar-refractivity contribution is -0.192. The Morgan fingerprint density at radius 3 is 2.53 bits per heavy atom. The summed E-state index contributed by atoms with van der Waals surface area (Å²) in [6.45, 7) is 2.62. The number of rotatable bonds is 7. The summed E-state index contributed by atoms with van der Waals surface area (Å²) in [6, 6.07) is 5.43. The molecule has 0 spiro atoms. The molecule has 0 aliphatic heterocycles. The number of ether oxygens (including phenoxy) is 1. The number of imidazole rings is 1. The number of methoxy groups -OCH3 is 1. The third kappa shape index (κ3) is 6.59. The number of carboxylic acid groups (broad SMARTS) is 1. The molecule has 1 aromatic carbocycles. The first kappa shape index (κ1) is 24.9. The van der Waals surface area contributed by atoms with Crippen LogP contribution in [0.1, 0.15) is 10.4 Å². The van der Waals surface area contributed by atoms with Gasteiger partial charge in [-0.25, -0.2) is 9.78 Å². The Labute approximate surface area is 181 Å². The molecule has 0 fully saturated rings. The number of benzene rings is 1. The van der Waals surface area contributed by atoms with Gasteiger partial charge in [-0.2, -0.15) is 13.2 Å². The molecular formula is C19H23F3N6O4. The molecule has 0 atom stereocenters. The van der Waals surface area contributed by atoms with Crippen LogP contribution in [0.3, 0.4) is 0 Å². The van der Waals surface area contributed by atoms with E-state index in [1.165, 1.54) is 0 Å². The highest BCUT2D eigenvalue weighted by molar-refractivity contribution is 6.05. The molecule has 0 saturated heterocycles. The van der Waals surface area contributed by atoms with Crippen LogP contribution in [0.5, 0.6) is 0 Å². The normalized spacial score (nSPS) is 11.5. The molecule has 0 aliphatic carbocycles. The molecule has 3 rings (SSSR count). The topological polar surface area (TPSA) is 122 Å². The third-order valence-electron chi connectivity index (χ3n) is 4.21. The van der Waals surface area contributed by atoms with Crippen LogP contribution in [0.15, 0.2) is 24.5 Å².